The van der Waals surface area contributed by atoms with Gasteiger partial charge in [-0.2, -0.15) is 0 Å². The Morgan fingerprint density at radius 1 is 0.237 bits per heavy atom. The van der Waals surface area contributed by atoms with Crippen molar-refractivity contribution in [2.75, 3.05) is 19.6 Å². The molecule has 0 saturated carbocycles. The minimum atomic E-state index is -0.232. The van der Waals surface area contributed by atoms with E-state index in [1.165, 1.54) is 216 Å². The summed E-state index contributed by atoms with van der Waals surface area (Å²) in [4.78, 5) is 12.6. The SMILES string of the molecule is CC1(C)c2ccccc2N(c2ccc3c4ccc(N5c6ccccc6[Se]c6ccccc65)cc4c4ccccc4c3c2)c2cc3sc4ccccc4c3cc21.CC1(C)c2ccccc2N(c2ccc3ccc4c(N5c6ccccc6Sc6ccccc65)ccc5ccc2c3c54)c2cc3c(cc21)c1ccccc1n3-c1ccccc1. The Balaban J connectivity index is 0.000000132. The number of aromatic nitrogens is 1. The van der Waals surface area contributed by atoms with Crippen molar-refractivity contribution in [2.24, 2.45) is 0 Å². The van der Waals surface area contributed by atoms with Crippen molar-refractivity contribution in [3.05, 3.63) is 380 Å². The number of hydrogen-bond acceptors (Lipinski definition) is 6. The normalized spacial score (nSPS) is 14.3. The molecular formula is C106H71N5S2Se. The number of thiophene rings is 1. The molecule has 5 nitrogen and oxygen atoms in total. The van der Waals surface area contributed by atoms with Gasteiger partial charge in [0, 0.05) is 68.0 Å². The Hall–Kier alpha value is -12.9. The van der Waals surface area contributed by atoms with Gasteiger partial charge in [0.1, 0.15) is 0 Å². The average Bonchev–Trinajstić information content (AvgIpc) is 1.08. The van der Waals surface area contributed by atoms with Crippen molar-refractivity contribution in [3.8, 4) is 5.69 Å². The Bertz CT molecular complexity index is 7570. The second-order valence-corrected chi connectivity index (χ2v) is 36.3. The molecule has 0 fully saturated rings. The van der Waals surface area contributed by atoms with Crippen LogP contribution >= 0.6 is 23.1 Å². The quantitative estimate of drug-likeness (QED) is 0.126. The average molecular weight is 1560 g/mol. The molecule has 0 spiro atoms. The fourth-order valence-electron chi connectivity index (χ4n) is 19.8. The molecule has 0 bridgehead atoms. The first-order valence-electron chi connectivity index (χ1n) is 39.4. The topological polar surface area (TPSA) is 17.9 Å². The fraction of sp³-hybridized carbons (Fsp3) is 0.0566. The maximum absolute atomic E-state index is 2.56. The van der Waals surface area contributed by atoms with E-state index in [-0.39, 0.29) is 25.8 Å². The number of hydrogen-bond donors (Lipinski definition) is 0. The first kappa shape index (κ1) is 65.8. The van der Waals surface area contributed by atoms with E-state index < -0.39 is 0 Å². The van der Waals surface area contributed by atoms with Gasteiger partial charge >= 0.3 is 198 Å². The summed E-state index contributed by atoms with van der Waals surface area (Å²) >= 11 is 4.02. The number of fused-ring (bicyclic) bond motifs is 20. The van der Waals surface area contributed by atoms with Crippen molar-refractivity contribution < 1.29 is 0 Å². The zero-order valence-electron chi connectivity index (χ0n) is 63.0. The van der Waals surface area contributed by atoms with Crippen molar-refractivity contribution in [2.45, 2.75) is 48.3 Å². The van der Waals surface area contributed by atoms with E-state index >= 15 is 0 Å². The zero-order valence-corrected chi connectivity index (χ0v) is 66.4. The van der Waals surface area contributed by atoms with Gasteiger partial charge in [0.25, 0.3) is 0 Å². The predicted octanol–water partition coefficient (Wildman–Crippen LogP) is 28.8. The molecule has 25 rings (SSSR count). The molecule has 21 aromatic rings. The molecule has 0 atom stereocenters. The molecule has 0 amide bonds. The first-order chi connectivity index (χ1) is 56.1. The molecule has 0 saturated heterocycles. The second kappa shape index (κ2) is 24.8. The van der Waals surface area contributed by atoms with Crippen molar-refractivity contribution in [3.63, 3.8) is 0 Å². The summed E-state index contributed by atoms with van der Waals surface area (Å²) in [5.74, 6) is 0. The van der Waals surface area contributed by atoms with Crippen molar-refractivity contribution in [1.82, 2.24) is 4.57 Å². The maximum atomic E-state index is 2.56. The van der Waals surface area contributed by atoms with Crippen LogP contribution in [0.2, 0.25) is 0 Å². The van der Waals surface area contributed by atoms with Gasteiger partial charge < -0.3 is 14.4 Å². The summed E-state index contributed by atoms with van der Waals surface area (Å²) in [6.45, 7) is 9.56. The Morgan fingerprint density at radius 3 is 1.26 bits per heavy atom. The van der Waals surface area contributed by atoms with Crippen LogP contribution in [0.25, 0.3) is 112 Å². The van der Waals surface area contributed by atoms with Gasteiger partial charge in [0.2, 0.25) is 0 Å². The van der Waals surface area contributed by atoms with Crippen LogP contribution in [0.15, 0.2) is 368 Å². The molecule has 0 unspecified atom stereocenters. The molecule has 0 N–H and O–H groups in total. The molecule has 114 heavy (non-hydrogen) atoms. The van der Waals surface area contributed by atoms with Crippen LogP contribution in [0.1, 0.15) is 49.9 Å². The second-order valence-electron chi connectivity index (χ2n) is 31.8. The summed E-state index contributed by atoms with van der Waals surface area (Å²) in [6.07, 6.45) is 0. The van der Waals surface area contributed by atoms with E-state index in [1.807, 2.05) is 23.1 Å². The molecular weight excluding hydrogens is 1490 g/mol. The minimum Gasteiger partial charge on any atom is -0.309 e. The van der Waals surface area contributed by atoms with Crippen molar-refractivity contribution >= 4 is 222 Å². The summed E-state index contributed by atoms with van der Waals surface area (Å²) in [6, 6.07) is 134. The fourth-order valence-corrected chi connectivity index (χ4v) is 24.2. The third-order valence-corrected chi connectivity index (χ3v) is 29.7. The molecule has 4 aliphatic rings. The van der Waals surface area contributed by atoms with Crippen LogP contribution in [-0.4, -0.2) is 19.5 Å². The monoisotopic (exact) mass is 1560 g/mol. The van der Waals surface area contributed by atoms with E-state index in [0.717, 1.165) is 5.69 Å². The molecule has 538 valence electrons. The third kappa shape index (κ3) is 9.54. The molecule has 4 aliphatic heterocycles. The van der Waals surface area contributed by atoms with Crippen LogP contribution in [0.5, 0.6) is 0 Å². The number of anilines is 12. The number of nitrogens with zero attached hydrogens (tertiary/aromatic N) is 5. The first-order valence-corrected chi connectivity index (χ1v) is 42.7. The molecule has 6 heterocycles. The molecule has 0 radical (unpaired) electrons. The summed E-state index contributed by atoms with van der Waals surface area (Å²) in [7, 11) is 0. The van der Waals surface area contributed by atoms with Crippen LogP contribution in [-0.2, 0) is 10.8 Å². The number of benzene rings is 19. The molecule has 19 aromatic carbocycles. The smallest absolute Gasteiger partial charge is 0.0601 e. The Kier molecular flexibility index (Phi) is 14.3. The van der Waals surface area contributed by atoms with Crippen LogP contribution in [0.4, 0.5) is 68.2 Å². The zero-order chi connectivity index (χ0) is 75.4. The molecule has 0 aliphatic carbocycles. The van der Waals surface area contributed by atoms with Crippen LogP contribution in [0, 0.1) is 0 Å². The third-order valence-electron chi connectivity index (χ3n) is 25.0. The van der Waals surface area contributed by atoms with Gasteiger partial charge in [-0.15, -0.1) is 11.3 Å². The standard InChI is InChI=1S/C55H37N3S.C51H34N2SSe/c1-55(2)41-17-7-9-19-46(41)57(50-33-49-40(32-42(50)55)37-16-6-8-18-43(37)56(49)36-14-4-3-5-15-36)44-30-26-34-25-29-39-45(31-27-35-24-28-38(44)53(34)54(35)39)58-47-20-10-12-22-51(47)59-52-23-13-11-21-48(52)58;1-51(2)41-16-6-7-17-43(41)52(46-30-48-40(29-42(46)51)37-15-5-10-20-47(37)54-48)31-23-25-35-36-26-24-32(28-39(36)34-14-4-3-13-33(34)38(35)27-31)53-44-18-8-11-21-49(44)55-50-22-12-9-19-45(50)53/h3-33H,1-2H3;3-30H,1-2H3. The van der Waals surface area contributed by atoms with Crippen LogP contribution < -0.4 is 28.5 Å². The van der Waals surface area contributed by atoms with E-state index in [9.17, 15) is 0 Å². The minimum absolute atomic E-state index is 0.159. The number of para-hydroxylation sites is 8. The summed E-state index contributed by atoms with van der Waals surface area (Å²) < 4.78 is 7.94. The van der Waals surface area contributed by atoms with Gasteiger partial charge in [0.15, 0.2) is 0 Å². The molecule has 8 heteroatoms. The summed E-state index contributed by atoms with van der Waals surface area (Å²) in [5, 5.41) is 20.5. The van der Waals surface area contributed by atoms with Crippen molar-refractivity contribution in [1.29, 1.82) is 0 Å². The largest absolute Gasteiger partial charge is 0.309 e. The maximum Gasteiger partial charge on any atom is 0.0601 e. The van der Waals surface area contributed by atoms with E-state index in [4.69, 9.17) is 0 Å². The Labute approximate surface area is 674 Å². The molecule has 2 aromatic heterocycles. The van der Waals surface area contributed by atoms with Gasteiger partial charge in [-0.3, -0.25) is 0 Å². The Morgan fingerprint density at radius 2 is 0.667 bits per heavy atom. The predicted molar refractivity (Wildman–Crippen MR) is 488 cm³/mol. The van der Waals surface area contributed by atoms with Gasteiger partial charge in [0.05, 0.1) is 56.5 Å². The van der Waals surface area contributed by atoms with Gasteiger partial charge in [-0.25, -0.2) is 0 Å². The summed E-state index contributed by atoms with van der Waals surface area (Å²) in [5.41, 5.74) is 23.3. The van der Waals surface area contributed by atoms with Gasteiger partial charge in [-0.1, -0.05) is 191 Å². The van der Waals surface area contributed by atoms with Crippen LogP contribution in [0.3, 0.4) is 0 Å². The van der Waals surface area contributed by atoms with E-state index in [0.29, 0.717) is 0 Å². The van der Waals surface area contributed by atoms with E-state index in [2.05, 4.69) is 410 Å². The number of rotatable bonds is 5. The van der Waals surface area contributed by atoms with Gasteiger partial charge in [-0.05, 0) is 141 Å². The van der Waals surface area contributed by atoms with E-state index in [1.54, 1.807) is 0 Å².